The quantitative estimate of drug-likeness (QED) is 0.797. The van der Waals surface area contributed by atoms with Crippen LogP contribution < -0.4 is 10.6 Å². The van der Waals surface area contributed by atoms with E-state index in [1.54, 1.807) is 0 Å². The van der Waals surface area contributed by atoms with Crippen LogP contribution in [-0.2, 0) is 9.59 Å². The second-order valence-electron chi connectivity index (χ2n) is 4.61. The number of nitrogens with zero attached hydrogens (tertiary/aromatic N) is 2. The Morgan fingerprint density at radius 3 is 2.67 bits per heavy atom. The van der Waals surface area contributed by atoms with E-state index in [0.717, 1.165) is 17.9 Å². The number of rotatable bonds is 4. The summed E-state index contributed by atoms with van der Waals surface area (Å²) < 4.78 is 0. The third-order valence-corrected chi connectivity index (χ3v) is 3.15. The fourth-order valence-corrected chi connectivity index (χ4v) is 2.12. The molecule has 1 fully saturated rings. The van der Waals surface area contributed by atoms with Crippen LogP contribution in [0.2, 0.25) is 5.02 Å². The molecule has 2 heterocycles. The summed E-state index contributed by atoms with van der Waals surface area (Å²) in [7, 11) is 0. The van der Waals surface area contributed by atoms with Gasteiger partial charge in [0.25, 0.3) is 5.91 Å². The Morgan fingerprint density at radius 2 is 2.10 bits per heavy atom. The lowest BCUT2D eigenvalue weighted by Gasteiger charge is -2.25. The average Bonchev–Trinajstić information content (AvgIpc) is 2.44. The smallest absolute Gasteiger partial charge is 0.256 e. The van der Waals surface area contributed by atoms with Gasteiger partial charge in [-0.3, -0.25) is 19.7 Å². The summed E-state index contributed by atoms with van der Waals surface area (Å²) >= 11 is 6.06. The maximum absolute atomic E-state index is 12.2. The van der Waals surface area contributed by atoms with Gasteiger partial charge in [0.15, 0.2) is 0 Å². The van der Waals surface area contributed by atoms with Crippen LogP contribution in [0.25, 0.3) is 0 Å². The number of amides is 3. The highest BCUT2D eigenvalue weighted by Crippen LogP contribution is 2.21. The largest absolute Gasteiger partial charge is 0.369 e. The summed E-state index contributed by atoms with van der Waals surface area (Å²) in [6, 6.07) is 1.48. The lowest BCUT2D eigenvalue weighted by Crippen LogP contribution is -2.53. The molecule has 1 aliphatic rings. The van der Waals surface area contributed by atoms with E-state index in [-0.39, 0.29) is 18.7 Å². The third kappa shape index (κ3) is 3.69. The van der Waals surface area contributed by atoms with Gasteiger partial charge in [-0.25, -0.2) is 4.98 Å². The topological polar surface area (TPSA) is 91.4 Å². The Kier molecular flexibility index (Phi) is 4.74. The molecule has 112 valence electrons. The molecule has 1 aromatic rings. The molecule has 0 atom stereocenters. The SMILES string of the molecule is CCCNc1ncc(C(=O)N2CC(=O)NC(=O)C2)cc1Cl. The molecule has 7 nitrogen and oxygen atoms in total. The molecule has 1 aliphatic heterocycles. The predicted octanol–water partition coefficient (Wildman–Crippen LogP) is 0.656. The van der Waals surface area contributed by atoms with Gasteiger partial charge in [-0.05, 0) is 12.5 Å². The van der Waals surface area contributed by atoms with Crippen LogP contribution >= 0.6 is 11.6 Å². The number of carbonyl (C=O) groups is 3. The minimum Gasteiger partial charge on any atom is -0.369 e. The zero-order valence-electron chi connectivity index (χ0n) is 11.5. The Bertz CT molecular complexity index is 575. The van der Waals surface area contributed by atoms with Crippen LogP contribution in [0.5, 0.6) is 0 Å². The second kappa shape index (κ2) is 6.53. The number of aromatic nitrogens is 1. The number of imide groups is 1. The van der Waals surface area contributed by atoms with Gasteiger partial charge >= 0.3 is 0 Å². The monoisotopic (exact) mass is 310 g/mol. The Balaban J connectivity index is 2.14. The van der Waals surface area contributed by atoms with E-state index >= 15 is 0 Å². The van der Waals surface area contributed by atoms with Crippen LogP contribution in [0.15, 0.2) is 12.3 Å². The van der Waals surface area contributed by atoms with Crippen LogP contribution in [0.1, 0.15) is 23.7 Å². The molecule has 3 amide bonds. The van der Waals surface area contributed by atoms with Crippen molar-refractivity contribution in [2.45, 2.75) is 13.3 Å². The Morgan fingerprint density at radius 1 is 1.43 bits per heavy atom. The van der Waals surface area contributed by atoms with Crippen LogP contribution in [0, 0.1) is 0 Å². The predicted molar refractivity (Wildman–Crippen MR) is 77.1 cm³/mol. The van der Waals surface area contributed by atoms with Crippen molar-refractivity contribution in [3.8, 4) is 0 Å². The van der Waals surface area contributed by atoms with Crippen molar-refractivity contribution in [1.29, 1.82) is 0 Å². The molecule has 21 heavy (non-hydrogen) atoms. The maximum Gasteiger partial charge on any atom is 0.256 e. The summed E-state index contributed by atoms with van der Waals surface area (Å²) in [5.74, 6) is -0.947. The molecule has 2 rings (SSSR count). The van der Waals surface area contributed by atoms with Crippen molar-refractivity contribution < 1.29 is 14.4 Å². The van der Waals surface area contributed by atoms with Crippen LogP contribution in [-0.4, -0.2) is 47.2 Å². The van der Waals surface area contributed by atoms with Crippen molar-refractivity contribution in [1.82, 2.24) is 15.2 Å². The van der Waals surface area contributed by atoms with E-state index < -0.39 is 17.7 Å². The number of hydrogen-bond donors (Lipinski definition) is 2. The van der Waals surface area contributed by atoms with Crippen molar-refractivity contribution in [3.05, 3.63) is 22.8 Å². The molecular formula is C13H15ClN4O3. The van der Waals surface area contributed by atoms with Gasteiger partial charge in [0, 0.05) is 12.7 Å². The summed E-state index contributed by atoms with van der Waals surface area (Å²) in [4.78, 5) is 40.1. The fraction of sp³-hybridized carbons (Fsp3) is 0.385. The number of carbonyl (C=O) groups excluding carboxylic acids is 3. The Hall–Kier alpha value is -2.15. The van der Waals surface area contributed by atoms with Gasteiger partial charge in [-0.1, -0.05) is 18.5 Å². The number of halogens is 1. The number of hydrogen-bond acceptors (Lipinski definition) is 5. The number of nitrogens with one attached hydrogen (secondary N) is 2. The highest BCUT2D eigenvalue weighted by molar-refractivity contribution is 6.33. The Labute approximate surface area is 126 Å². The first-order valence-electron chi connectivity index (χ1n) is 6.52. The zero-order chi connectivity index (χ0) is 15.4. The van der Waals surface area contributed by atoms with Gasteiger partial charge in [0.05, 0.1) is 10.6 Å². The summed E-state index contributed by atoms with van der Waals surface area (Å²) in [6.45, 7) is 2.42. The van der Waals surface area contributed by atoms with Crippen molar-refractivity contribution in [2.75, 3.05) is 25.0 Å². The first kappa shape index (κ1) is 15.2. The van der Waals surface area contributed by atoms with Gasteiger partial charge < -0.3 is 10.2 Å². The summed E-state index contributed by atoms with van der Waals surface area (Å²) in [5, 5.41) is 5.49. The van der Waals surface area contributed by atoms with Gasteiger partial charge in [0.1, 0.15) is 18.9 Å². The highest BCUT2D eigenvalue weighted by atomic mass is 35.5. The van der Waals surface area contributed by atoms with E-state index in [2.05, 4.69) is 15.6 Å². The maximum atomic E-state index is 12.2. The van der Waals surface area contributed by atoms with E-state index in [0.29, 0.717) is 10.8 Å². The van der Waals surface area contributed by atoms with Gasteiger partial charge in [-0.15, -0.1) is 0 Å². The fourth-order valence-electron chi connectivity index (χ4n) is 1.89. The molecule has 0 spiro atoms. The molecule has 8 heteroatoms. The molecule has 0 aromatic carbocycles. The highest BCUT2D eigenvalue weighted by Gasteiger charge is 2.27. The molecule has 0 saturated carbocycles. The normalized spacial score (nSPS) is 14.9. The van der Waals surface area contributed by atoms with Crippen molar-refractivity contribution in [2.24, 2.45) is 0 Å². The molecular weight excluding hydrogens is 296 g/mol. The summed E-state index contributed by atoms with van der Waals surface area (Å²) in [5.41, 5.74) is 0.240. The number of pyridine rings is 1. The number of piperazine rings is 1. The lowest BCUT2D eigenvalue weighted by molar-refractivity contribution is -0.135. The van der Waals surface area contributed by atoms with E-state index in [1.165, 1.54) is 12.3 Å². The van der Waals surface area contributed by atoms with Crippen molar-refractivity contribution >= 4 is 35.1 Å². The van der Waals surface area contributed by atoms with E-state index in [9.17, 15) is 14.4 Å². The minimum atomic E-state index is -0.500. The average molecular weight is 311 g/mol. The standard InChI is InChI=1S/C13H15ClN4O3/c1-2-3-15-12-9(14)4-8(5-16-12)13(21)18-6-10(19)17-11(20)7-18/h4-5H,2-3,6-7H2,1H3,(H,15,16)(H,17,19,20). The molecule has 2 N–H and O–H groups in total. The molecule has 1 saturated heterocycles. The molecule has 0 bridgehead atoms. The molecule has 0 aliphatic carbocycles. The molecule has 1 aromatic heterocycles. The molecule has 0 radical (unpaired) electrons. The van der Waals surface area contributed by atoms with Gasteiger partial charge in [0.2, 0.25) is 11.8 Å². The van der Waals surface area contributed by atoms with E-state index in [1.807, 2.05) is 6.92 Å². The van der Waals surface area contributed by atoms with Crippen molar-refractivity contribution in [3.63, 3.8) is 0 Å². The second-order valence-corrected chi connectivity index (χ2v) is 5.02. The summed E-state index contributed by atoms with van der Waals surface area (Å²) in [6.07, 6.45) is 2.30. The van der Waals surface area contributed by atoms with E-state index in [4.69, 9.17) is 11.6 Å². The first-order chi connectivity index (χ1) is 10.0. The zero-order valence-corrected chi connectivity index (χ0v) is 12.2. The first-order valence-corrected chi connectivity index (χ1v) is 6.90. The minimum absolute atomic E-state index is 0.155. The van der Waals surface area contributed by atoms with Gasteiger partial charge in [-0.2, -0.15) is 0 Å². The van der Waals surface area contributed by atoms with Crippen LogP contribution in [0.3, 0.4) is 0 Å². The number of anilines is 1. The third-order valence-electron chi connectivity index (χ3n) is 2.87. The molecule has 0 unspecified atom stereocenters. The van der Waals surface area contributed by atoms with Crippen LogP contribution in [0.4, 0.5) is 5.82 Å². The lowest BCUT2D eigenvalue weighted by atomic mass is 10.2.